The third kappa shape index (κ3) is 3.26. The Morgan fingerprint density at radius 2 is 1.85 bits per heavy atom. The van der Waals surface area contributed by atoms with Crippen molar-refractivity contribution in [3.8, 4) is 0 Å². The zero-order valence-corrected chi connectivity index (χ0v) is 11.5. The highest BCUT2D eigenvalue weighted by atomic mass is 19.1. The Labute approximate surface area is 117 Å². The van der Waals surface area contributed by atoms with E-state index >= 15 is 0 Å². The van der Waals surface area contributed by atoms with E-state index in [1.807, 2.05) is 0 Å². The summed E-state index contributed by atoms with van der Waals surface area (Å²) in [5.74, 6) is -1.33. The van der Waals surface area contributed by atoms with Crippen LogP contribution in [0.25, 0.3) is 0 Å². The highest BCUT2D eigenvalue weighted by Gasteiger charge is 2.32. The van der Waals surface area contributed by atoms with E-state index < -0.39 is 17.2 Å². The predicted molar refractivity (Wildman–Crippen MR) is 72.5 cm³/mol. The van der Waals surface area contributed by atoms with Gasteiger partial charge in [0.1, 0.15) is 17.3 Å². The summed E-state index contributed by atoms with van der Waals surface area (Å²) < 4.78 is 33.2. The van der Waals surface area contributed by atoms with Gasteiger partial charge in [-0.05, 0) is 17.7 Å². The number of anilines is 1. The maximum Gasteiger partial charge on any atom is 0.149 e. The minimum Gasteiger partial charge on any atom is -0.388 e. The molecule has 0 saturated carbocycles. The number of aliphatic hydroxyl groups is 1. The molecule has 1 aliphatic rings. The van der Waals surface area contributed by atoms with E-state index in [2.05, 4.69) is 0 Å². The third-order valence-corrected chi connectivity index (χ3v) is 3.65. The first-order valence-electron chi connectivity index (χ1n) is 6.64. The number of likely N-dealkylation sites (N-methyl/N-ethyl adjacent to an activating group) is 1. The van der Waals surface area contributed by atoms with Crippen molar-refractivity contribution < 1.29 is 18.6 Å². The third-order valence-electron chi connectivity index (χ3n) is 3.65. The van der Waals surface area contributed by atoms with Crippen molar-refractivity contribution >= 4 is 5.69 Å². The van der Waals surface area contributed by atoms with Gasteiger partial charge in [-0.1, -0.05) is 0 Å². The van der Waals surface area contributed by atoms with Crippen molar-refractivity contribution in [2.45, 2.75) is 25.0 Å². The summed E-state index contributed by atoms with van der Waals surface area (Å²) in [6.07, 6.45) is 0.920. The summed E-state index contributed by atoms with van der Waals surface area (Å²) in [6, 6.07) is 2.45. The summed E-state index contributed by atoms with van der Waals surface area (Å²) in [7, 11) is 1.57. The molecule has 1 aromatic carbocycles. The Balaban J connectivity index is 2.18. The van der Waals surface area contributed by atoms with E-state index in [0.717, 1.165) is 0 Å². The van der Waals surface area contributed by atoms with Gasteiger partial charge in [0.25, 0.3) is 0 Å². The summed E-state index contributed by atoms with van der Waals surface area (Å²) >= 11 is 0. The average molecular weight is 286 g/mol. The van der Waals surface area contributed by atoms with Crippen LogP contribution in [0, 0.1) is 11.6 Å². The van der Waals surface area contributed by atoms with Crippen LogP contribution >= 0.6 is 0 Å². The van der Waals surface area contributed by atoms with Crippen LogP contribution in [-0.2, 0) is 11.3 Å². The number of hydrogen-bond acceptors (Lipinski definition) is 4. The van der Waals surface area contributed by atoms with Crippen molar-refractivity contribution in [1.82, 2.24) is 0 Å². The quantitative estimate of drug-likeness (QED) is 0.878. The molecule has 1 aromatic rings. The predicted octanol–water partition coefficient (Wildman–Crippen LogP) is 1.40. The minimum absolute atomic E-state index is 0.0825. The lowest BCUT2D eigenvalue weighted by atomic mass is 9.93. The van der Waals surface area contributed by atoms with Gasteiger partial charge in [-0.25, -0.2) is 8.78 Å². The van der Waals surface area contributed by atoms with Gasteiger partial charge in [0.2, 0.25) is 0 Å². The topological polar surface area (TPSA) is 58.7 Å². The lowest BCUT2D eigenvalue weighted by Gasteiger charge is -2.36. The second kappa shape index (κ2) is 6.03. The molecule has 2 rings (SSSR count). The van der Waals surface area contributed by atoms with Crippen molar-refractivity contribution in [2.24, 2.45) is 5.73 Å². The summed E-state index contributed by atoms with van der Waals surface area (Å²) in [5, 5.41) is 10.4. The maximum absolute atomic E-state index is 14.0. The summed E-state index contributed by atoms with van der Waals surface area (Å²) in [6.45, 7) is 1.16. The fraction of sp³-hybridized carbons (Fsp3) is 0.571. The smallest absolute Gasteiger partial charge is 0.149 e. The molecular weight excluding hydrogens is 266 g/mol. The Morgan fingerprint density at radius 3 is 2.35 bits per heavy atom. The molecule has 3 N–H and O–H groups in total. The number of ether oxygens (including phenoxy) is 1. The summed E-state index contributed by atoms with van der Waals surface area (Å²) in [4.78, 5) is 1.41. The van der Waals surface area contributed by atoms with Gasteiger partial charge in [-0.2, -0.15) is 0 Å². The average Bonchev–Trinajstić information content (AvgIpc) is 2.37. The minimum atomic E-state index is -0.974. The van der Waals surface area contributed by atoms with Crippen LogP contribution in [0.3, 0.4) is 0 Å². The largest absolute Gasteiger partial charge is 0.388 e. The van der Waals surface area contributed by atoms with E-state index in [1.54, 1.807) is 7.05 Å². The Bertz CT molecular complexity index is 453. The first-order valence-corrected chi connectivity index (χ1v) is 6.64. The van der Waals surface area contributed by atoms with Crippen LogP contribution in [0.5, 0.6) is 0 Å². The van der Waals surface area contributed by atoms with Crippen LogP contribution in [0.4, 0.5) is 14.5 Å². The van der Waals surface area contributed by atoms with E-state index in [9.17, 15) is 13.9 Å². The molecule has 112 valence electrons. The highest BCUT2D eigenvalue weighted by molar-refractivity contribution is 5.50. The van der Waals surface area contributed by atoms with Crippen molar-refractivity contribution in [2.75, 3.05) is 31.7 Å². The lowest BCUT2D eigenvalue weighted by molar-refractivity contribution is -0.0573. The van der Waals surface area contributed by atoms with Gasteiger partial charge >= 0.3 is 0 Å². The molecule has 0 amide bonds. The molecule has 0 atom stereocenters. The molecule has 0 unspecified atom stereocenters. The van der Waals surface area contributed by atoms with Crippen LogP contribution in [-0.4, -0.2) is 37.5 Å². The van der Waals surface area contributed by atoms with Crippen molar-refractivity contribution in [3.63, 3.8) is 0 Å². The number of benzene rings is 1. The van der Waals surface area contributed by atoms with Crippen LogP contribution in [0.2, 0.25) is 0 Å². The second-order valence-electron chi connectivity index (χ2n) is 5.30. The van der Waals surface area contributed by atoms with Crippen molar-refractivity contribution in [1.29, 1.82) is 0 Å². The Hall–Kier alpha value is -1.24. The standard InChI is InChI=1S/C14H20F2N2O2/c1-18(9-14(19)2-4-20-5-3-14)13-11(15)6-10(8-17)7-12(13)16/h6-7,19H,2-5,8-9,17H2,1H3. The molecule has 1 heterocycles. The normalized spacial score (nSPS) is 18.1. The van der Waals surface area contributed by atoms with Gasteiger partial charge in [-0.3, -0.25) is 0 Å². The second-order valence-corrected chi connectivity index (χ2v) is 5.30. The van der Waals surface area contributed by atoms with Gasteiger partial charge in [0, 0.05) is 46.2 Å². The molecule has 20 heavy (non-hydrogen) atoms. The van der Waals surface area contributed by atoms with Crippen molar-refractivity contribution in [3.05, 3.63) is 29.3 Å². The van der Waals surface area contributed by atoms with Gasteiger partial charge in [-0.15, -0.1) is 0 Å². The molecule has 4 nitrogen and oxygen atoms in total. The van der Waals surface area contributed by atoms with E-state index in [0.29, 0.717) is 31.6 Å². The van der Waals surface area contributed by atoms with Gasteiger partial charge in [0.15, 0.2) is 0 Å². The highest BCUT2D eigenvalue weighted by Crippen LogP contribution is 2.28. The molecule has 1 saturated heterocycles. The first-order chi connectivity index (χ1) is 9.45. The molecule has 0 spiro atoms. The van der Waals surface area contributed by atoms with Crippen LogP contribution < -0.4 is 10.6 Å². The van der Waals surface area contributed by atoms with Gasteiger partial charge in [0.05, 0.1) is 5.60 Å². The Morgan fingerprint density at radius 1 is 1.30 bits per heavy atom. The molecule has 0 bridgehead atoms. The van der Waals surface area contributed by atoms with E-state index in [1.165, 1.54) is 17.0 Å². The number of hydrogen-bond donors (Lipinski definition) is 2. The van der Waals surface area contributed by atoms with E-state index in [-0.39, 0.29) is 18.8 Å². The maximum atomic E-state index is 14.0. The van der Waals surface area contributed by atoms with Gasteiger partial charge < -0.3 is 20.5 Å². The number of rotatable bonds is 4. The molecule has 1 fully saturated rings. The zero-order chi connectivity index (χ0) is 14.8. The summed E-state index contributed by atoms with van der Waals surface area (Å²) in [5.41, 5.74) is 4.68. The fourth-order valence-corrected chi connectivity index (χ4v) is 2.53. The molecule has 0 aliphatic carbocycles. The first kappa shape index (κ1) is 15.2. The molecule has 0 radical (unpaired) electrons. The number of nitrogens with zero attached hydrogens (tertiary/aromatic N) is 1. The number of halogens is 2. The number of nitrogens with two attached hydrogens (primary N) is 1. The molecular formula is C14H20F2N2O2. The zero-order valence-electron chi connectivity index (χ0n) is 11.5. The lowest BCUT2D eigenvalue weighted by Crippen LogP contribution is -2.46. The fourth-order valence-electron chi connectivity index (χ4n) is 2.53. The molecule has 1 aliphatic heterocycles. The molecule has 0 aromatic heterocycles. The Kier molecular flexibility index (Phi) is 4.57. The van der Waals surface area contributed by atoms with E-state index in [4.69, 9.17) is 10.5 Å². The van der Waals surface area contributed by atoms with Crippen LogP contribution in [0.15, 0.2) is 12.1 Å². The monoisotopic (exact) mass is 286 g/mol. The molecule has 6 heteroatoms. The SMILES string of the molecule is CN(CC1(O)CCOCC1)c1c(F)cc(CN)cc1F. The van der Waals surface area contributed by atoms with Crippen LogP contribution in [0.1, 0.15) is 18.4 Å².